The van der Waals surface area contributed by atoms with E-state index in [4.69, 9.17) is 4.74 Å². The van der Waals surface area contributed by atoms with Crippen molar-refractivity contribution in [2.75, 3.05) is 13.7 Å². The highest BCUT2D eigenvalue weighted by molar-refractivity contribution is 5.65. The van der Waals surface area contributed by atoms with Crippen LogP contribution in [0.25, 0.3) is 0 Å². The first-order valence-corrected chi connectivity index (χ1v) is 4.37. The first-order valence-electron chi connectivity index (χ1n) is 4.37. The molecule has 0 fully saturated rings. The van der Waals surface area contributed by atoms with Crippen LogP contribution in [0.1, 0.15) is 27.2 Å². The predicted octanol–water partition coefficient (Wildman–Crippen LogP) is 1.18. The fourth-order valence-electron chi connectivity index (χ4n) is 1.06. The maximum Gasteiger partial charge on any atom is 0.302 e. The summed E-state index contributed by atoms with van der Waals surface area (Å²) in [5, 5.41) is 3.11. The Morgan fingerprint density at radius 2 is 2.08 bits per heavy atom. The van der Waals surface area contributed by atoms with Gasteiger partial charge in [0, 0.05) is 13.0 Å². The third kappa shape index (κ3) is 6.16. The van der Waals surface area contributed by atoms with Gasteiger partial charge in [-0.25, -0.2) is 0 Å². The lowest BCUT2D eigenvalue weighted by molar-refractivity contribution is -0.141. The van der Waals surface area contributed by atoms with Crippen molar-refractivity contribution in [3.63, 3.8) is 0 Å². The Balaban J connectivity index is 3.60. The van der Waals surface area contributed by atoms with Crippen LogP contribution in [0, 0.1) is 5.92 Å². The molecular weight excluding hydrogens is 154 g/mol. The minimum atomic E-state index is -0.209. The summed E-state index contributed by atoms with van der Waals surface area (Å²) in [5.74, 6) is 0.414. The number of hydrogen-bond donors (Lipinski definition) is 1. The summed E-state index contributed by atoms with van der Waals surface area (Å²) in [5.41, 5.74) is 0. The zero-order valence-corrected chi connectivity index (χ0v) is 8.39. The van der Waals surface area contributed by atoms with Crippen LogP contribution in [-0.4, -0.2) is 25.7 Å². The molecule has 0 spiro atoms. The van der Waals surface area contributed by atoms with Gasteiger partial charge < -0.3 is 10.1 Å². The van der Waals surface area contributed by atoms with Crippen molar-refractivity contribution in [3.8, 4) is 0 Å². The van der Waals surface area contributed by atoms with E-state index in [9.17, 15) is 4.79 Å². The van der Waals surface area contributed by atoms with Crippen molar-refractivity contribution in [2.45, 2.75) is 33.2 Å². The van der Waals surface area contributed by atoms with E-state index < -0.39 is 0 Å². The maximum atomic E-state index is 10.5. The Morgan fingerprint density at radius 3 is 2.42 bits per heavy atom. The summed E-state index contributed by atoms with van der Waals surface area (Å²) >= 11 is 0. The quantitative estimate of drug-likeness (QED) is 0.634. The summed E-state index contributed by atoms with van der Waals surface area (Å²) in [4.78, 5) is 10.5. The number of carbonyl (C=O) groups excluding carboxylic acids is 1. The summed E-state index contributed by atoms with van der Waals surface area (Å²) in [7, 11) is 1.89. The highest BCUT2D eigenvalue weighted by Crippen LogP contribution is 2.04. The Morgan fingerprint density at radius 1 is 1.50 bits per heavy atom. The lowest BCUT2D eigenvalue weighted by Crippen LogP contribution is -2.32. The zero-order chi connectivity index (χ0) is 9.56. The Bertz CT molecular complexity index is 134. The lowest BCUT2D eigenvalue weighted by Gasteiger charge is -2.17. The van der Waals surface area contributed by atoms with Crippen molar-refractivity contribution < 1.29 is 9.53 Å². The van der Waals surface area contributed by atoms with Gasteiger partial charge in [0.1, 0.15) is 6.61 Å². The van der Waals surface area contributed by atoms with E-state index in [1.807, 2.05) is 7.05 Å². The molecule has 0 heterocycles. The second kappa shape index (κ2) is 6.00. The van der Waals surface area contributed by atoms with Crippen LogP contribution in [0.4, 0.5) is 0 Å². The van der Waals surface area contributed by atoms with E-state index in [1.54, 1.807) is 0 Å². The van der Waals surface area contributed by atoms with E-state index in [0.717, 1.165) is 6.42 Å². The van der Waals surface area contributed by atoms with Crippen LogP contribution in [-0.2, 0) is 9.53 Å². The summed E-state index contributed by atoms with van der Waals surface area (Å²) in [6, 6.07) is 0.286. The van der Waals surface area contributed by atoms with Gasteiger partial charge in [-0.05, 0) is 19.4 Å². The molecule has 0 radical (unpaired) electrons. The fraction of sp³-hybridized carbons (Fsp3) is 0.889. The summed E-state index contributed by atoms with van der Waals surface area (Å²) < 4.78 is 4.89. The molecule has 0 amide bonds. The van der Waals surface area contributed by atoms with Crippen LogP contribution in [0.15, 0.2) is 0 Å². The molecule has 0 aromatic carbocycles. The Labute approximate surface area is 74.5 Å². The van der Waals surface area contributed by atoms with Crippen molar-refractivity contribution in [2.24, 2.45) is 5.92 Å². The van der Waals surface area contributed by atoms with Gasteiger partial charge in [-0.2, -0.15) is 0 Å². The molecule has 3 nitrogen and oxygen atoms in total. The van der Waals surface area contributed by atoms with E-state index in [1.165, 1.54) is 6.92 Å². The average Bonchev–Trinajstić information content (AvgIpc) is 1.97. The molecule has 0 saturated heterocycles. The highest BCUT2D eigenvalue weighted by atomic mass is 16.5. The van der Waals surface area contributed by atoms with Gasteiger partial charge in [-0.15, -0.1) is 0 Å². The number of nitrogens with one attached hydrogen (secondary N) is 1. The van der Waals surface area contributed by atoms with Gasteiger partial charge in [0.25, 0.3) is 0 Å². The van der Waals surface area contributed by atoms with Crippen molar-refractivity contribution in [1.82, 2.24) is 5.32 Å². The third-order valence-electron chi connectivity index (χ3n) is 1.65. The van der Waals surface area contributed by atoms with Gasteiger partial charge in [-0.1, -0.05) is 13.8 Å². The molecular formula is C9H19NO2. The van der Waals surface area contributed by atoms with E-state index in [0.29, 0.717) is 12.5 Å². The van der Waals surface area contributed by atoms with Crippen molar-refractivity contribution in [1.29, 1.82) is 0 Å². The molecule has 0 aliphatic rings. The second-order valence-electron chi connectivity index (χ2n) is 3.42. The van der Waals surface area contributed by atoms with E-state index >= 15 is 0 Å². The van der Waals surface area contributed by atoms with Crippen LogP contribution in [0.2, 0.25) is 0 Å². The first kappa shape index (κ1) is 11.4. The second-order valence-corrected chi connectivity index (χ2v) is 3.42. The molecule has 72 valence electrons. The highest BCUT2D eigenvalue weighted by Gasteiger charge is 2.09. The van der Waals surface area contributed by atoms with Crippen molar-refractivity contribution in [3.05, 3.63) is 0 Å². The zero-order valence-electron chi connectivity index (χ0n) is 8.39. The maximum absolute atomic E-state index is 10.5. The van der Waals surface area contributed by atoms with E-state index in [-0.39, 0.29) is 12.0 Å². The molecule has 1 N–H and O–H groups in total. The number of rotatable bonds is 5. The van der Waals surface area contributed by atoms with Gasteiger partial charge >= 0.3 is 5.97 Å². The van der Waals surface area contributed by atoms with E-state index in [2.05, 4.69) is 19.2 Å². The minimum absolute atomic E-state index is 0.209. The van der Waals surface area contributed by atoms with Crippen LogP contribution in [0.5, 0.6) is 0 Å². The molecule has 0 bridgehead atoms. The number of likely N-dealkylation sites (N-methyl/N-ethyl adjacent to an activating group) is 1. The monoisotopic (exact) mass is 173 g/mol. The lowest BCUT2D eigenvalue weighted by atomic mass is 10.0. The molecule has 0 saturated carbocycles. The first-order chi connectivity index (χ1) is 5.56. The normalized spacial score (nSPS) is 13.1. The molecule has 0 unspecified atom stereocenters. The predicted molar refractivity (Wildman–Crippen MR) is 48.9 cm³/mol. The topological polar surface area (TPSA) is 38.3 Å². The SMILES string of the molecule is CN[C@H](COC(C)=O)CC(C)C. The smallest absolute Gasteiger partial charge is 0.302 e. The van der Waals surface area contributed by atoms with Crippen LogP contribution < -0.4 is 5.32 Å². The Kier molecular flexibility index (Phi) is 5.72. The standard InChI is InChI=1S/C9H19NO2/c1-7(2)5-9(10-4)6-12-8(3)11/h7,9-10H,5-6H2,1-4H3/t9-/m0/s1. The molecule has 0 aromatic heterocycles. The Hall–Kier alpha value is -0.570. The number of hydrogen-bond acceptors (Lipinski definition) is 3. The molecule has 0 aromatic rings. The number of ether oxygens (including phenoxy) is 1. The van der Waals surface area contributed by atoms with Gasteiger partial charge in [0.2, 0.25) is 0 Å². The molecule has 0 aliphatic carbocycles. The van der Waals surface area contributed by atoms with Crippen molar-refractivity contribution >= 4 is 5.97 Å². The minimum Gasteiger partial charge on any atom is -0.464 e. The molecule has 1 atom stereocenters. The average molecular weight is 173 g/mol. The largest absolute Gasteiger partial charge is 0.464 e. The molecule has 0 rings (SSSR count). The van der Waals surface area contributed by atoms with Gasteiger partial charge in [-0.3, -0.25) is 4.79 Å². The molecule has 3 heteroatoms. The fourth-order valence-corrected chi connectivity index (χ4v) is 1.06. The number of carbonyl (C=O) groups is 1. The molecule has 0 aliphatic heterocycles. The van der Waals surface area contributed by atoms with Gasteiger partial charge in [0.15, 0.2) is 0 Å². The third-order valence-corrected chi connectivity index (χ3v) is 1.65. The number of esters is 1. The van der Waals surface area contributed by atoms with Crippen LogP contribution in [0.3, 0.4) is 0 Å². The van der Waals surface area contributed by atoms with Crippen LogP contribution >= 0.6 is 0 Å². The summed E-state index contributed by atoms with van der Waals surface area (Å²) in [6.07, 6.45) is 1.03. The molecule has 12 heavy (non-hydrogen) atoms. The summed E-state index contributed by atoms with van der Waals surface area (Å²) in [6.45, 7) is 6.21. The van der Waals surface area contributed by atoms with Gasteiger partial charge in [0.05, 0.1) is 0 Å².